The Morgan fingerprint density at radius 3 is 2.50 bits per heavy atom. The van der Waals surface area contributed by atoms with E-state index in [0.717, 1.165) is 32.5 Å². The molecule has 1 N–H and O–H groups in total. The Bertz CT molecular complexity index is 731. The molecule has 3 nitrogen and oxygen atoms in total. The molecule has 0 radical (unpaired) electrons. The normalized spacial score (nSPS) is 12.1. The van der Waals surface area contributed by atoms with Crippen LogP contribution in [0.3, 0.4) is 0 Å². The van der Waals surface area contributed by atoms with Crippen molar-refractivity contribution in [2.45, 2.75) is 44.6 Å². The van der Waals surface area contributed by atoms with Crippen LogP contribution in [0, 0.1) is 6.92 Å². The van der Waals surface area contributed by atoms with Crippen LogP contribution in [0.25, 0.3) is 0 Å². The zero-order valence-corrected chi connectivity index (χ0v) is 17.3. The van der Waals surface area contributed by atoms with Crippen molar-refractivity contribution in [3.8, 4) is 5.75 Å². The lowest BCUT2D eigenvalue weighted by molar-refractivity contribution is -0.127. The van der Waals surface area contributed by atoms with Crippen LogP contribution in [0.5, 0.6) is 5.75 Å². The van der Waals surface area contributed by atoms with Gasteiger partial charge in [0.15, 0.2) is 6.10 Å². The summed E-state index contributed by atoms with van der Waals surface area (Å²) in [5, 5.41) is 3.66. The van der Waals surface area contributed by atoms with E-state index in [9.17, 15) is 4.79 Å². The van der Waals surface area contributed by atoms with Crippen molar-refractivity contribution < 1.29 is 9.53 Å². The van der Waals surface area contributed by atoms with Gasteiger partial charge in [0.2, 0.25) is 0 Å². The van der Waals surface area contributed by atoms with E-state index in [2.05, 4.69) is 31.3 Å². The summed E-state index contributed by atoms with van der Waals surface area (Å²) in [7, 11) is 0. The molecule has 0 saturated carbocycles. The van der Waals surface area contributed by atoms with Crippen LogP contribution in [0.4, 0.5) is 0 Å². The van der Waals surface area contributed by atoms with Crippen molar-refractivity contribution in [1.82, 2.24) is 5.32 Å². The fourth-order valence-electron chi connectivity index (χ4n) is 2.48. The van der Waals surface area contributed by atoms with E-state index in [-0.39, 0.29) is 5.91 Å². The number of halogens is 1. The number of hydrogen-bond acceptors (Lipinski definition) is 3. The van der Waals surface area contributed by atoms with Gasteiger partial charge in [0.25, 0.3) is 5.91 Å². The van der Waals surface area contributed by atoms with E-state index in [1.165, 1.54) is 0 Å². The number of thioether (sulfide) groups is 1. The van der Waals surface area contributed by atoms with Gasteiger partial charge in [-0.15, -0.1) is 11.8 Å². The zero-order chi connectivity index (χ0) is 19.1. The lowest BCUT2D eigenvalue weighted by atomic mass is 10.0. The first kappa shape index (κ1) is 20.7. The van der Waals surface area contributed by atoms with Crippen LogP contribution in [0.15, 0.2) is 47.4 Å². The highest BCUT2D eigenvalue weighted by atomic mass is 35.5. The highest BCUT2D eigenvalue weighted by molar-refractivity contribution is 7.99. The second-order valence-corrected chi connectivity index (χ2v) is 8.15. The fourth-order valence-corrected chi connectivity index (χ4v) is 3.38. The van der Waals surface area contributed by atoms with Crippen LogP contribution in [-0.4, -0.2) is 24.3 Å². The summed E-state index contributed by atoms with van der Waals surface area (Å²) >= 11 is 7.56. The second-order valence-electron chi connectivity index (χ2n) is 6.55. The number of aryl methyl sites for hydroxylation is 1. The van der Waals surface area contributed by atoms with Crippen LogP contribution < -0.4 is 10.1 Å². The molecular weight excluding hydrogens is 366 g/mol. The Labute approximate surface area is 165 Å². The number of carbonyl (C=O) groups excluding carboxylic acids is 1. The Kier molecular flexibility index (Phi) is 7.85. The topological polar surface area (TPSA) is 38.3 Å². The first-order valence-electron chi connectivity index (χ1n) is 8.80. The van der Waals surface area contributed by atoms with Crippen molar-refractivity contribution >= 4 is 29.3 Å². The summed E-state index contributed by atoms with van der Waals surface area (Å²) in [6, 6.07) is 13.8. The van der Waals surface area contributed by atoms with E-state index in [4.69, 9.17) is 16.3 Å². The highest BCUT2D eigenvalue weighted by Gasteiger charge is 2.17. The third kappa shape index (κ3) is 6.26. The zero-order valence-electron chi connectivity index (χ0n) is 15.7. The molecule has 0 aliphatic heterocycles. The van der Waals surface area contributed by atoms with Gasteiger partial charge >= 0.3 is 0 Å². The Morgan fingerprint density at radius 1 is 1.15 bits per heavy atom. The number of benzene rings is 2. The fraction of sp³-hybridized carbons (Fsp3) is 0.381. The molecule has 2 aromatic rings. The Morgan fingerprint density at radius 2 is 1.85 bits per heavy atom. The minimum Gasteiger partial charge on any atom is -0.481 e. The summed E-state index contributed by atoms with van der Waals surface area (Å²) in [5.41, 5.74) is 2.24. The molecule has 0 heterocycles. The molecule has 5 heteroatoms. The minimum absolute atomic E-state index is 0.0991. The van der Waals surface area contributed by atoms with Crippen molar-refractivity contribution in [3.05, 3.63) is 58.6 Å². The van der Waals surface area contributed by atoms with Crippen LogP contribution in [0.2, 0.25) is 5.02 Å². The maximum absolute atomic E-state index is 12.3. The number of ether oxygens (including phenoxy) is 1. The number of rotatable bonds is 8. The summed E-state index contributed by atoms with van der Waals surface area (Å²) in [5.74, 6) is 1.83. The first-order chi connectivity index (χ1) is 12.4. The van der Waals surface area contributed by atoms with Crippen LogP contribution in [0.1, 0.15) is 37.8 Å². The summed E-state index contributed by atoms with van der Waals surface area (Å²) in [6.07, 6.45) is -0.533. The largest absolute Gasteiger partial charge is 0.481 e. The third-order valence-corrected chi connectivity index (χ3v) is 5.21. The smallest absolute Gasteiger partial charge is 0.260 e. The van der Waals surface area contributed by atoms with Crippen molar-refractivity contribution in [1.29, 1.82) is 0 Å². The molecule has 2 rings (SSSR count). The summed E-state index contributed by atoms with van der Waals surface area (Å²) < 4.78 is 5.94. The molecule has 26 heavy (non-hydrogen) atoms. The lowest BCUT2D eigenvalue weighted by Gasteiger charge is -2.19. The first-order valence-corrected chi connectivity index (χ1v) is 10.2. The second kappa shape index (κ2) is 9.89. The lowest BCUT2D eigenvalue weighted by Crippen LogP contribution is -2.37. The molecule has 2 aromatic carbocycles. The molecule has 0 spiro atoms. The minimum atomic E-state index is -0.533. The Hall–Kier alpha value is -1.65. The molecule has 1 atom stereocenters. The molecule has 0 saturated heterocycles. The number of carbonyl (C=O) groups is 1. The van der Waals surface area contributed by atoms with Crippen molar-refractivity contribution in [2.75, 3.05) is 12.3 Å². The van der Waals surface area contributed by atoms with Gasteiger partial charge in [0, 0.05) is 22.2 Å². The van der Waals surface area contributed by atoms with E-state index in [1.807, 2.05) is 37.3 Å². The molecule has 140 valence electrons. The van der Waals surface area contributed by atoms with Crippen molar-refractivity contribution in [2.24, 2.45) is 0 Å². The predicted octanol–water partition coefficient (Wildman–Crippen LogP) is 5.45. The van der Waals surface area contributed by atoms with E-state index in [1.54, 1.807) is 18.7 Å². The van der Waals surface area contributed by atoms with E-state index >= 15 is 0 Å². The Balaban J connectivity index is 1.82. The van der Waals surface area contributed by atoms with Gasteiger partial charge in [-0.05, 0) is 61.2 Å². The van der Waals surface area contributed by atoms with Gasteiger partial charge < -0.3 is 10.1 Å². The van der Waals surface area contributed by atoms with E-state index < -0.39 is 6.10 Å². The maximum Gasteiger partial charge on any atom is 0.260 e. The van der Waals surface area contributed by atoms with Gasteiger partial charge in [0.1, 0.15) is 5.75 Å². The summed E-state index contributed by atoms with van der Waals surface area (Å²) in [4.78, 5) is 13.4. The monoisotopic (exact) mass is 391 g/mol. The third-order valence-electron chi connectivity index (χ3n) is 3.95. The van der Waals surface area contributed by atoms with Gasteiger partial charge in [-0.3, -0.25) is 4.79 Å². The molecule has 0 bridgehead atoms. The predicted molar refractivity (Wildman–Crippen MR) is 111 cm³/mol. The number of hydrogen-bond donors (Lipinski definition) is 1. The molecule has 1 amide bonds. The molecule has 0 aromatic heterocycles. The molecule has 1 unspecified atom stereocenters. The summed E-state index contributed by atoms with van der Waals surface area (Å²) in [6.45, 7) is 8.64. The molecular formula is C21H26ClNO2S. The number of nitrogens with one attached hydrogen (secondary N) is 1. The average molecular weight is 392 g/mol. The van der Waals surface area contributed by atoms with Gasteiger partial charge in [-0.1, -0.05) is 37.6 Å². The molecule has 0 fully saturated rings. The van der Waals surface area contributed by atoms with Crippen LogP contribution in [-0.2, 0) is 4.79 Å². The standard InChI is InChI=1S/C21H26ClNO2S/c1-14(2)19-10-5-15(3)13-20(19)25-16(4)21(24)23-11-12-26-18-8-6-17(22)7-9-18/h5-10,13-14,16H,11-12H2,1-4H3,(H,23,24). The average Bonchev–Trinajstić information content (AvgIpc) is 2.59. The van der Waals surface area contributed by atoms with Gasteiger partial charge in [0.05, 0.1) is 0 Å². The molecule has 0 aliphatic rings. The van der Waals surface area contributed by atoms with Gasteiger partial charge in [-0.25, -0.2) is 0 Å². The SMILES string of the molecule is Cc1ccc(C(C)C)c(OC(C)C(=O)NCCSc2ccc(Cl)cc2)c1. The van der Waals surface area contributed by atoms with Crippen LogP contribution >= 0.6 is 23.4 Å². The highest BCUT2D eigenvalue weighted by Crippen LogP contribution is 2.28. The quantitative estimate of drug-likeness (QED) is 0.480. The van der Waals surface area contributed by atoms with Crippen molar-refractivity contribution in [3.63, 3.8) is 0 Å². The number of amides is 1. The molecule has 0 aliphatic carbocycles. The van der Waals surface area contributed by atoms with E-state index in [0.29, 0.717) is 12.5 Å². The maximum atomic E-state index is 12.3. The van der Waals surface area contributed by atoms with Gasteiger partial charge in [-0.2, -0.15) is 0 Å².